The lowest BCUT2D eigenvalue weighted by Crippen LogP contribution is -2.23. The zero-order chi connectivity index (χ0) is 17.8. The molecule has 0 radical (unpaired) electrons. The van der Waals surface area contributed by atoms with Gasteiger partial charge in [0.2, 0.25) is 0 Å². The highest BCUT2D eigenvalue weighted by Crippen LogP contribution is 2.22. The maximum absolute atomic E-state index is 12.4. The molecule has 0 aliphatic rings. The Bertz CT molecular complexity index is 891. The van der Waals surface area contributed by atoms with Crippen molar-refractivity contribution in [1.29, 1.82) is 0 Å². The molecule has 0 unspecified atom stereocenters. The first-order valence-corrected chi connectivity index (χ1v) is 8.19. The summed E-state index contributed by atoms with van der Waals surface area (Å²) in [4.78, 5) is 12.4. The number of hydrogen-bond donors (Lipinski definition) is 1. The topological polar surface area (TPSA) is 56.1 Å². The van der Waals surface area contributed by atoms with Crippen LogP contribution in [0.25, 0.3) is 5.69 Å². The summed E-state index contributed by atoms with van der Waals surface area (Å²) in [5, 5.41) is 7.85. The summed E-state index contributed by atoms with van der Waals surface area (Å²) >= 11 is 6.01. The number of benzene rings is 2. The second-order valence-electron chi connectivity index (χ2n) is 5.56. The Labute approximate surface area is 151 Å². The van der Waals surface area contributed by atoms with Gasteiger partial charge in [-0.25, -0.2) is 4.68 Å². The van der Waals surface area contributed by atoms with Gasteiger partial charge in [0.25, 0.3) is 5.91 Å². The summed E-state index contributed by atoms with van der Waals surface area (Å²) in [5.41, 5.74) is 2.97. The van der Waals surface area contributed by atoms with Gasteiger partial charge in [-0.2, -0.15) is 5.10 Å². The van der Waals surface area contributed by atoms with Crippen LogP contribution in [0, 0.1) is 6.92 Å². The van der Waals surface area contributed by atoms with Crippen molar-refractivity contribution in [1.82, 2.24) is 15.1 Å². The van der Waals surface area contributed by atoms with E-state index >= 15 is 0 Å². The Morgan fingerprint density at radius 3 is 2.68 bits per heavy atom. The largest absolute Gasteiger partial charge is 0.496 e. The molecule has 1 N–H and O–H groups in total. The van der Waals surface area contributed by atoms with Crippen molar-refractivity contribution in [3.05, 3.63) is 76.6 Å². The van der Waals surface area contributed by atoms with Crippen molar-refractivity contribution in [3.63, 3.8) is 0 Å². The van der Waals surface area contributed by atoms with E-state index in [0.717, 1.165) is 16.9 Å². The third-order valence-electron chi connectivity index (χ3n) is 3.80. The molecular weight excluding hydrogens is 338 g/mol. The average molecular weight is 356 g/mol. The summed E-state index contributed by atoms with van der Waals surface area (Å²) < 4.78 is 7.03. The predicted molar refractivity (Wildman–Crippen MR) is 97.5 cm³/mol. The van der Waals surface area contributed by atoms with Crippen molar-refractivity contribution in [3.8, 4) is 11.4 Å². The quantitative estimate of drug-likeness (QED) is 0.758. The number of methoxy groups -OCH3 is 1. The van der Waals surface area contributed by atoms with Crippen molar-refractivity contribution in [2.24, 2.45) is 0 Å². The van der Waals surface area contributed by atoms with E-state index in [1.54, 1.807) is 36.1 Å². The number of para-hydroxylation sites is 1. The van der Waals surface area contributed by atoms with E-state index in [1.165, 1.54) is 0 Å². The van der Waals surface area contributed by atoms with Crippen molar-refractivity contribution in [2.75, 3.05) is 7.11 Å². The van der Waals surface area contributed by atoms with Crippen LogP contribution in [0.1, 0.15) is 21.7 Å². The normalized spacial score (nSPS) is 10.5. The first kappa shape index (κ1) is 17.0. The number of aryl methyl sites for hydroxylation is 1. The Balaban J connectivity index is 1.76. The Kier molecular flexibility index (Phi) is 5.05. The lowest BCUT2D eigenvalue weighted by atomic mass is 10.2. The number of carbonyl (C=O) groups is 1. The van der Waals surface area contributed by atoms with Crippen LogP contribution in [0.15, 0.2) is 54.6 Å². The van der Waals surface area contributed by atoms with Crippen LogP contribution in [-0.4, -0.2) is 22.8 Å². The molecule has 1 aromatic heterocycles. The molecule has 0 fully saturated rings. The predicted octanol–water partition coefficient (Wildman–Crippen LogP) is 3.77. The fraction of sp³-hybridized carbons (Fsp3) is 0.158. The van der Waals surface area contributed by atoms with E-state index < -0.39 is 0 Å². The molecule has 128 valence electrons. The summed E-state index contributed by atoms with van der Waals surface area (Å²) in [6.07, 6.45) is 0. The number of amides is 1. The lowest BCUT2D eigenvalue weighted by Gasteiger charge is -2.09. The fourth-order valence-corrected chi connectivity index (χ4v) is 2.76. The summed E-state index contributed by atoms with van der Waals surface area (Å²) in [5.74, 6) is 0.426. The minimum atomic E-state index is -0.250. The molecule has 3 aromatic rings. The zero-order valence-electron chi connectivity index (χ0n) is 14.0. The van der Waals surface area contributed by atoms with Crippen LogP contribution in [0.2, 0.25) is 5.02 Å². The number of hydrogen-bond acceptors (Lipinski definition) is 3. The van der Waals surface area contributed by atoms with Gasteiger partial charge in [-0.1, -0.05) is 29.8 Å². The first-order chi connectivity index (χ1) is 12.1. The van der Waals surface area contributed by atoms with E-state index in [4.69, 9.17) is 16.3 Å². The molecule has 0 aliphatic carbocycles. The summed E-state index contributed by atoms with van der Waals surface area (Å²) in [7, 11) is 1.58. The van der Waals surface area contributed by atoms with Crippen molar-refractivity contribution in [2.45, 2.75) is 13.5 Å². The number of rotatable bonds is 5. The zero-order valence-corrected chi connectivity index (χ0v) is 14.7. The molecule has 6 heteroatoms. The second-order valence-corrected chi connectivity index (χ2v) is 5.99. The fourth-order valence-electron chi connectivity index (χ4n) is 2.57. The highest BCUT2D eigenvalue weighted by Gasteiger charge is 2.14. The van der Waals surface area contributed by atoms with Gasteiger partial charge in [-0.3, -0.25) is 4.79 Å². The number of nitrogens with one attached hydrogen (secondary N) is 1. The van der Waals surface area contributed by atoms with E-state index in [9.17, 15) is 4.79 Å². The van der Waals surface area contributed by atoms with Gasteiger partial charge in [-0.05, 0) is 43.3 Å². The number of nitrogens with zero attached hydrogens (tertiary/aromatic N) is 2. The molecule has 0 aliphatic heterocycles. The third-order valence-corrected chi connectivity index (χ3v) is 4.04. The highest BCUT2D eigenvalue weighted by molar-refractivity contribution is 6.30. The summed E-state index contributed by atoms with van der Waals surface area (Å²) in [6, 6.07) is 16.7. The molecular formula is C19H18ClN3O2. The molecule has 0 bridgehead atoms. The van der Waals surface area contributed by atoms with E-state index in [-0.39, 0.29) is 5.91 Å². The number of ether oxygens (including phenoxy) is 1. The molecule has 1 amide bonds. The molecule has 5 nitrogen and oxygen atoms in total. The van der Waals surface area contributed by atoms with Crippen LogP contribution in [0.4, 0.5) is 0 Å². The van der Waals surface area contributed by atoms with Crippen LogP contribution in [0.3, 0.4) is 0 Å². The molecule has 0 atom stereocenters. The number of aromatic nitrogens is 2. The molecule has 3 rings (SSSR count). The Morgan fingerprint density at radius 1 is 1.20 bits per heavy atom. The molecule has 0 spiro atoms. The van der Waals surface area contributed by atoms with Crippen LogP contribution < -0.4 is 10.1 Å². The van der Waals surface area contributed by atoms with Crippen LogP contribution >= 0.6 is 11.6 Å². The van der Waals surface area contributed by atoms with E-state index in [1.807, 2.05) is 37.3 Å². The standard InChI is InChI=1S/C19H18ClN3O2/c1-13-10-17(22-23(13)16-6-4-3-5-7-16)19(24)21-12-14-11-15(20)8-9-18(14)25-2/h3-11H,12H2,1-2H3,(H,21,24). The third kappa shape index (κ3) is 3.83. The van der Waals surface area contributed by atoms with Gasteiger partial charge in [0, 0.05) is 22.8 Å². The van der Waals surface area contributed by atoms with Gasteiger partial charge in [0.05, 0.1) is 12.8 Å². The van der Waals surface area contributed by atoms with Crippen molar-refractivity contribution < 1.29 is 9.53 Å². The van der Waals surface area contributed by atoms with Gasteiger partial charge >= 0.3 is 0 Å². The SMILES string of the molecule is COc1ccc(Cl)cc1CNC(=O)c1cc(C)n(-c2ccccc2)n1. The highest BCUT2D eigenvalue weighted by atomic mass is 35.5. The first-order valence-electron chi connectivity index (χ1n) is 7.81. The van der Waals surface area contributed by atoms with Gasteiger partial charge < -0.3 is 10.1 Å². The van der Waals surface area contributed by atoms with Gasteiger partial charge in [-0.15, -0.1) is 0 Å². The minimum Gasteiger partial charge on any atom is -0.496 e. The monoisotopic (exact) mass is 355 g/mol. The lowest BCUT2D eigenvalue weighted by molar-refractivity contribution is 0.0945. The van der Waals surface area contributed by atoms with Crippen molar-refractivity contribution >= 4 is 17.5 Å². The van der Waals surface area contributed by atoms with Gasteiger partial charge in [0.1, 0.15) is 5.75 Å². The summed E-state index contributed by atoms with van der Waals surface area (Å²) in [6.45, 7) is 2.22. The maximum atomic E-state index is 12.4. The maximum Gasteiger partial charge on any atom is 0.272 e. The minimum absolute atomic E-state index is 0.250. The second kappa shape index (κ2) is 7.40. The Hall–Kier alpha value is -2.79. The molecule has 1 heterocycles. The molecule has 0 saturated heterocycles. The molecule has 2 aromatic carbocycles. The van der Waals surface area contributed by atoms with E-state index in [2.05, 4.69) is 10.4 Å². The average Bonchev–Trinajstić information content (AvgIpc) is 3.02. The van der Waals surface area contributed by atoms with Crippen LogP contribution in [0.5, 0.6) is 5.75 Å². The van der Waals surface area contributed by atoms with Gasteiger partial charge in [0.15, 0.2) is 5.69 Å². The van der Waals surface area contributed by atoms with E-state index in [0.29, 0.717) is 23.0 Å². The molecule has 0 saturated carbocycles. The molecule has 25 heavy (non-hydrogen) atoms. The van der Waals surface area contributed by atoms with Crippen LogP contribution in [-0.2, 0) is 6.54 Å². The Morgan fingerprint density at radius 2 is 1.96 bits per heavy atom. The number of carbonyl (C=O) groups excluding carboxylic acids is 1. The smallest absolute Gasteiger partial charge is 0.272 e. The number of halogens is 1.